The smallest absolute Gasteiger partial charge is 0.269 e. The Labute approximate surface area is 133 Å². The Morgan fingerprint density at radius 1 is 1.26 bits per heavy atom. The van der Waals surface area contributed by atoms with Crippen LogP contribution in [-0.4, -0.2) is 23.7 Å². The Morgan fingerprint density at radius 2 is 2.00 bits per heavy atom. The Bertz CT molecular complexity index is 780. The number of aromatic hydroxyl groups is 1. The van der Waals surface area contributed by atoms with Gasteiger partial charge in [-0.2, -0.15) is 0 Å². The van der Waals surface area contributed by atoms with E-state index in [-0.39, 0.29) is 30.4 Å². The van der Waals surface area contributed by atoms with Crippen molar-refractivity contribution < 1.29 is 19.0 Å². The van der Waals surface area contributed by atoms with Crippen molar-refractivity contribution in [3.8, 4) is 23.8 Å². The number of halogens is 1. The van der Waals surface area contributed by atoms with Crippen LogP contribution in [0.25, 0.3) is 0 Å². The number of nitrogens with zero attached hydrogens (tertiary/aromatic N) is 1. The van der Waals surface area contributed by atoms with Gasteiger partial charge in [-0.3, -0.25) is 9.69 Å². The summed E-state index contributed by atoms with van der Waals surface area (Å²) in [5, 5.41) is 9.61. The van der Waals surface area contributed by atoms with E-state index in [0.29, 0.717) is 11.4 Å². The van der Waals surface area contributed by atoms with Gasteiger partial charge >= 0.3 is 0 Å². The number of fused-ring (bicyclic) bond motifs is 1. The van der Waals surface area contributed by atoms with Gasteiger partial charge in [0.25, 0.3) is 5.91 Å². The number of rotatable bonds is 3. The summed E-state index contributed by atoms with van der Waals surface area (Å²) in [4.78, 5) is 14.1. The third-order valence-corrected chi connectivity index (χ3v) is 3.63. The zero-order valence-corrected chi connectivity index (χ0v) is 12.2. The lowest BCUT2D eigenvalue weighted by Crippen LogP contribution is -2.47. The van der Waals surface area contributed by atoms with Crippen molar-refractivity contribution in [2.24, 2.45) is 0 Å². The number of phenols is 1. The summed E-state index contributed by atoms with van der Waals surface area (Å²) in [6.07, 6.45) is 4.86. The topological polar surface area (TPSA) is 49.8 Å². The highest BCUT2D eigenvalue weighted by Gasteiger charge is 2.34. The Balaban J connectivity index is 1.92. The van der Waals surface area contributed by atoms with Crippen molar-refractivity contribution in [1.29, 1.82) is 0 Å². The van der Waals surface area contributed by atoms with Crippen molar-refractivity contribution >= 4 is 11.6 Å². The summed E-state index contributed by atoms with van der Waals surface area (Å²) in [6, 6.07) is 10.4. The molecular weight excluding hydrogens is 297 g/mol. The molecule has 1 atom stereocenters. The molecule has 1 aliphatic heterocycles. The van der Waals surface area contributed by atoms with Gasteiger partial charge in [0.1, 0.15) is 17.3 Å². The summed E-state index contributed by atoms with van der Waals surface area (Å²) in [6.45, 7) is 0.111. The minimum Gasteiger partial charge on any atom is -0.508 e. The van der Waals surface area contributed by atoms with E-state index in [2.05, 4.69) is 5.92 Å². The second-order valence-corrected chi connectivity index (χ2v) is 5.22. The number of hydrogen-bond acceptors (Lipinski definition) is 3. The van der Waals surface area contributed by atoms with Crippen LogP contribution in [-0.2, 0) is 11.2 Å². The summed E-state index contributed by atoms with van der Waals surface area (Å²) in [5.41, 5.74) is 1.30. The molecule has 1 heterocycles. The van der Waals surface area contributed by atoms with Crippen LogP contribution in [0.1, 0.15) is 5.56 Å². The van der Waals surface area contributed by atoms with Gasteiger partial charge in [-0.25, -0.2) is 4.39 Å². The number of anilines is 1. The molecule has 0 radical (unpaired) electrons. The van der Waals surface area contributed by atoms with Crippen LogP contribution in [0.5, 0.6) is 11.5 Å². The highest BCUT2D eigenvalue weighted by atomic mass is 19.1. The standard InChI is InChI=1S/C18H14FNO3/c1-2-9-20-15-8-7-14(21)11-16(15)23-17(18(20)22)10-12-3-5-13(19)6-4-12/h1,3-8,11,17,21H,9-10H2. The van der Waals surface area contributed by atoms with Crippen molar-refractivity contribution in [3.05, 3.63) is 53.8 Å². The molecule has 0 aromatic heterocycles. The average Bonchev–Trinajstić information content (AvgIpc) is 2.53. The molecular formula is C18H14FNO3. The van der Waals surface area contributed by atoms with E-state index in [4.69, 9.17) is 11.2 Å². The first-order valence-corrected chi connectivity index (χ1v) is 7.07. The molecule has 0 spiro atoms. The van der Waals surface area contributed by atoms with E-state index in [9.17, 15) is 14.3 Å². The molecule has 4 nitrogen and oxygen atoms in total. The lowest BCUT2D eigenvalue weighted by Gasteiger charge is -2.33. The molecule has 23 heavy (non-hydrogen) atoms. The SMILES string of the molecule is C#CCN1C(=O)C(Cc2ccc(F)cc2)Oc2cc(O)ccc21. The molecule has 0 saturated carbocycles. The Kier molecular flexibility index (Phi) is 3.90. The molecule has 1 aliphatic rings. The second kappa shape index (κ2) is 6.01. The minimum absolute atomic E-state index is 0.0410. The highest BCUT2D eigenvalue weighted by molar-refractivity contribution is 6.00. The molecule has 0 fully saturated rings. The first-order chi connectivity index (χ1) is 11.1. The van der Waals surface area contributed by atoms with Crippen molar-refractivity contribution in [1.82, 2.24) is 0 Å². The van der Waals surface area contributed by atoms with Gasteiger partial charge in [0.05, 0.1) is 12.2 Å². The molecule has 5 heteroatoms. The first-order valence-electron chi connectivity index (χ1n) is 7.07. The second-order valence-electron chi connectivity index (χ2n) is 5.22. The molecule has 2 aromatic carbocycles. The third-order valence-electron chi connectivity index (χ3n) is 3.63. The molecule has 1 amide bonds. The molecule has 0 aliphatic carbocycles. The van der Waals surface area contributed by atoms with Crippen LogP contribution < -0.4 is 9.64 Å². The van der Waals surface area contributed by atoms with Gasteiger partial charge in [0, 0.05) is 12.5 Å². The number of ether oxygens (including phenoxy) is 1. The largest absolute Gasteiger partial charge is 0.508 e. The lowest BCUT2D eigenvalue weighted by atomic mass is 10.0. The normalized spacial score (nSPS) is 16.4. The molecule has 3 rings (SSSR count). The minimum atomic E-state index is -0.775. The van der Waals surface area contributed by atoms with Crippen molar-refractivity contribution in [2.45, 2.75) is 12.5 Å². The molecule has 116 valence electrons. The first kappa shape index (κ1) is 14.9. The zero-order valence-electron chi connectivity index (χ0n) is 12.2. The fraction of sp³-hybridized carbons (Fsp3) is 0.167. The van der Waals surface area contributed by atoms with Crippen LogP contribution in [0.3, 0.4) is 0 Å². The van der Waals surface area contributed by atoms with E-state index in [1.54, 1.807) is 18.2 Å². The van der Waals surface area contributed by atoms with Gasteiger partial charge in [-0.1, -0.05) is 18.1 Å². The number of carbonyl (C=O) groups excluding carboxylic acids is 1. The molecule has 0 saturated heterocycles. The number of amides is 1. The van der Waals surface area contributed by atoms with E-state index >= 15 is 0 Å². The number of terminal acetylenes is 1. The summed E-state index contributed by atoms with van der Waals surface area (Å²) in [5.74, 6) is 2.29. The van der Waals surface area contributed by atoms with Crippen molar-refractivity contribution in [3.63, 3.8) is 0 Å². The van der Waals surface area contributed by atoms with Crippen LogP contribution in [0.15, 0.2) is 42.5 Å². The quantitative estimate of drug-likeness (QED) is 0.886. The average molecular weight is 311 g/mol. The zero-order chi connectivity index (χ0) is 16.4. The van der Waals surface area contributed by atoms with Gasteiger partial charge in [0.2, 0.25) is 0 Å². The van der Waals surface area contributed by atoms with E-state index in [1.807, 2.05) is 0 Å². The maximum atomic E-state index is 13.0. The number of hydrogen-bond donors (Lipinski definition) is 1. The number of benzene rings is 2. The van der Waals surface area contributed by atoms with Crippen LogP contribution >= 0.6 is 0 Å². The van der Waals surface area contributed by atoms with Gasteiger partial charge in [-0.05, 0) is 29.8 Å². The van der Waals surface area contributed by atoms with E-state index in [0.717, 1.165) is 5.56 Å². The third kappa shape index (κ3) is 2.97. The Morgan fingerprint density at radius 3 is 2.70 bits per heavy atom. The number of phenolic OH excluding ortho intramolecular Hbond substituents is 1. The van der Waals surface area contributed by atoms with E-state index in [1.165, 1.54) is 29.2 Å². The van der Waals surface area contributed by atoms with Crippen molar-refractivity contribution in [2.75, 3.05) is 11.4 Å². The lowest BCUT2D eigenvalue weighted by molar-refractivity contribution is -0.126. The van der Waals surface area contributed by atoms with Gasteiger partial charge < -0.3 is 9.84 Å². The van der Waals surface area contributed by atoms with E-state index < -0.39 is 6.10 Å². The summed E-state index contributed by atoms with van der Waals surface area (Å²) >= 11 is 0. The monoisotopic (exact) mass is 311 g/mol. The van der Waals surface area contributed by atoms with Crippen LogP contribution in [0.4, 0.5) is 10.1 Å². The fourth-order valence-electron chi connectivity index (χ4n) is 2.53. The maximum absolute atomic E-state index is 13.0. The molecule has 1 unspecified atom stereocenters. The molecule has 0 bridgehead atoms. The predicted molar refractivity (Wildman–Crippen MR) is 83.8 cm³/mol. The van der Waals surface area contributed by atoms with Crippen LogP contribution in [0, 0.1) is 18.2 Å². The van der Waals surface area contributed by atoms with Gasteiger partial charge in [0.15, 0.2) is 6.10 Å². The number of carbonyl (C=O) groups is 1. The summed E-state index contributed by atoms with van der Waals surface area (Å²) in [7, 11) is 0. The highest BCUT2D eigenvalue weighted by Crippen LogP contribution is 2.37. The summed E-state index contributed by atoms with van der Waals surface area (Å²) < 4.78 is 18.7. The fourth-order valence-corrected chi connectivity index (χ4v) is 2.53. The molecule has 1 N–H and O–H groups in total. The maximum Gasteiger partial charge on any atom is 0.269 e. The Hall–Kier alpha value is -3.00. The molecule has 2 aromatic rings. The predicted octanol–water partition coefficient (Wildman–Crippen LogP) is 2.50. The van der Waals surface area contributed by atoms with Gasteiger partial charge in [-0.15, -0.1) is 6.42 Å². The van der Waals surface area contributed by atoms with Crippen LogP contribution in [0.2, 0.25) is 0 Å².